The molecule has 2 N–H and O–H groups in total. The van der Waals surface area contributed by atoms with Crippen molar-refractivity contribution in [1.29, 1.82) is 10.8 Å². The predicted molar refractivity (Wildman–Crippen MR) is 89.7 cm³/mol. The molecule has 1 heterocycles. The second-order valence-electron chi connectivity index (χ2n) is 5.05. The van der Waals surface area contributed by atoms with E-state index in [4.69, 9.17) is 10.8 Å². The van der Waals surface area contributed by atoms with Crippen molar-refractivity contribution in [2.45, 2.75) is 0 Å². The number of fused-ring (bicyclic) bond motifs is 1. The lowest BCUT2D eigenvalue weighted by molar-refractivity contribution is 0.112. The molecule has 0 saturated heterocycles. The smallest absolute Gasteiger partial charge is 0.229 e. The summed E-state index contributed by atoms with van der Waals surface area (Å²) < 4.78 is 1.34. The van der Waals surface area contributed by atoms with Gasteiger partial charge >= 0.3 is 0 Å². The molecule has 0 aliphatic carbocycles. The van der Waals surface area contributed by atoms with Crippen molar-refractivity contribution < 1.29 is 4.79 Å². The summed E-state index contributed by atoms with van der Waals surface area (Å²) in [6.07, 6.45) is 1.77. The number of benzene rings is 2. The van der Waals surface area contributed by atoms with Gasteiger partial charge in [-0.25, -0.2) is 0 Å². The molecule has 3 rings (SSSR count). The van der Waals surface area contributed by atoms with Crippen LogP contribution in [0.3, 0.4) is 0 Å². The van der Waals surface area contributed by atoms with Crippen molar-refractivity contribution in [1.82, 2.24) is 9.55 Å². The van der Waals surface area contributed by atoms with Gasteiger partial charge in [-0.15, -0.1) is 0 Å². The lowest BCUT2D eigenvalue weighted by Crippen LogP contribution is -2.26. The number of hydrogen-bond acceptors (Lipinski definition) is 5. The molecule has 2 aromatic carbocycles. The number of anilines is 2. The highest BCUT2D eigenvalue weighted by atomic mass is 16.1. The lowest BCUT2D eigenvalue weighted by atomic mass is 10.1. The van der Waals surface area contributed by atoms with Crippen LogP contribution in [0.25, 0.3) is 10.9 Å². The van der Waals surface area contributed by atoms with E-state index < -0.39 is 0 Å². The summed E-state index contributed by atoms with van der Waals surface area (Å²) in [5.74, 6) is 0.603. The van der Waals surface area contributed by atoms with E-state index in [0.29, 0.717) is 16.9 Å². The third kappa shape index (κ3) is 2.50. The number of hydrogen-bond donors (Lipinski definition) is 2. The largest absolute Gasteiger partial charge is 0.329 e. The van der Waals surface area contributed by atoms with Crippen LogP contribution in [0, 0.1) is 10.8 Å². The van der Waals surface area contributed by atoms with Crippen LogP contribution in [-0.4, -0.2) is 29.2 Å². The molecule has 0 amide bonds. The predicted octanol–water partition coefficient (Wildman–Crippen LogP) is 2.55. The van der Waals surface area contributed by atoms with Crippen molar-refractivity contribution >= 4 is 35.0 Å². The van der Waals surface area contributed by atoms with Gasteiger partial charge in [-0.3, -0.25) is 20.2 Å². The van der Waals surface area contributed by atoms with E-state index in [1.807, 2.05) is 42.3 Å². The Bertz CT molecular complexity index is 946. The number of nitrogens with zero attached hydrogens (tertiary/aromatic N) is 3. The van der Waals surface area contributed by atoms with Crippen molar-refractivity contribution in [2.24, 2.45) is 0 Å². The molecule has 0 spiro atoms. The van der Waals surface area contributed by atoms with Crippen molar-refractivity contribution in [3.05, 3.63) is 59.7 Å². The first kappa shape index (κ1) is 14.6. The van der Waals surface area contributed by atoms with Crippen LogP contribution in [0.1, 0.15) is 10.4 Å². The fraction of sp³-hybridized carbons (Fsp3) is 0.0588. The van der Waals surface area contributed by atoms with E-state index in [1.165, 1.54) is 4.57 Å². The zero-order valence-electron chi connectivity index (χ0n) is 12.5. The van der Waals surface area contributed by atoms with Gasteiger partial charge in [0.2, 0.25) is 5.62 Å². The van der Waals surface area contributed by atoms with E-state index in [0.717, 1.165) is 23.7 Å². The lowest BCUT2D eigenvalue weighted by Gasteiger charge is -2.21. The third-order valence-electron chi connectivity index (χ3n) is 3.69. The van der Waals surface area contributed by atoms with Gasteiger partial charge in [0.25, 0.3) is 0 Å². The summed E-state index contributed by atoms with van der Waals surface area (Å²) in [7, 11) is 1.87. The zero-order valence-corrected chi connectivity index (χ0v) is 12.5. The third-order valence-corrected chi connectivity index (χ3v) is 3.69. The monoisotopic (exact) mass is 305 g/mol. The minimum absolute atomic E-state index is 0.0617. The Kier molecular flexibility index (Phi) is 3.72. The fourth-order valence-corrected chi connectivity index (χ4v) is 2.50. The molecule has 1 aromatic heterocycles. The Hall–Kier alpha value is -3.28. The number of rotatable bonds is 4. The Morgan fingerprint density at radius 3 is 2.57 bits per heavy atom. The molecule has 0 bridgehead atoms. The average molecular weight is 305 g/mol. The Balaban J connectivity index is 2.32. The van der Waals surface area contributed by atoms with Crippen LogP contribution in [0.5, 0.6) is 0 Å². The molecule has 114 valence electrons. The maximum atomic E-state index is 11.0. The van der Waals surface area contributed by atoms with Gasteiger partial charge < -0.3 is 4.90 Å². The Morgan fingerprint density at radius 2 is 1.91 bits per heavy atom. The standard InChI is InChI=1S/C17H15N5O/c1-21(13-5-3-2-4-6-13)16-14-8-7-12(10-23)9-15(14)22(11-18)17(19)20-16/h2-11,18-19H,1H3. The quantitative estimate of drug-likeness (QED) is 0.441. The molecule has 0 radical (unpaired) electrons. The second kappa shape index (κ2) is 5.84. The van der Waals surface area contributed by atoms with E-state index >= 15 is 0 Å². The molecule has 0 saturated carbocycles. The van der Waals surface area contributed by atoms with Gasteiger partial charge in [0, 0.05) is 23.7 Å². The summed E-state index contributed by atoms with van der Waals surface area (Å²) in [4.78, 5) is 17.2. The number of aldehydes is 1. The van der Waals surface area contributed by atoms with Crippen molar-refractivity contribution in [3.63, 3.8) is 0 Å². The van der Waals surface area contributed by atoms with E-state index in [1.54, 1.807) is 18.2 Å². The number of nitrogens with one attached hydrogen (secondary N) is 2. The highest BCUT2D eigenvalue weighted by Gasteiger charge is 2.13. The highest BCUT2D eigenvalue weighted by molar-refractivity contribution is 5.96. The normalized spacial score (nSPS) is 10.5. The van der Waals surface area contributed by atoms with Crippen LogP contribution in [0.15, 0.2) is 48.5 Å². The summed E-state index contributed by atoms with van der Waals surface area (Å²) in [5.41, 5.74) is 1.97. The van der Waals surface area contributed by atoms with E-state index in [2.05, 4.69) is 4.98 Å². The second-order valence-corrected chi connectivity index (χ2v) is 5.05. The topological polar surface area (TPSA) is 85.8 Å². The summed E-state index contributed by atoms with van der Waals surface area (Å²) in [6, 6.07) is 14.9. The fourth-order valence-electron chi connectivity index (χ4n) is 2.50. The molecule has 0 atom stereocenters. The molecule has 6 heteroatoms. The SMILES string of the molecule is CN(c1ccccc1)c1nc(=N)n(C=N)c2cc(C=O)ccc12. The Morgan fingerprint density at radius 1 is 1.17 bits per heavy atom. The molecule has 0 fully saturated rings. The maximum Gasteiger partial charge on any atom is 0.229 e. The van der Waals surface area contributed by atoms with Crippen LogP contribution in [-0.2, 0) is 0 Å². The number of aromatic nitrogens is 2. The number of para-hydroxylation sites is 1. The van der Waals surface area contributed by atoms with Crippen molar-refractivity contribution in [3.8, 4) is 0 Å². The van der Waals surface area contributed by atoms with E-state index in [-0.39, 0.29) is 5.62 Å². The van der Waals surface area contributed by atoms with E-state index in [9.17, 15) is 4.79 Å². The van der Waals surface area contributed by atoms with Gasteiger partial charge in [0.1, 0.15) is 12.1 Å². The average Bonchev–Trinajstić information content (AvgIpc) is 2.60. The molecular formula is C17H15N5O. The minimum Gasteiger partial charge on any atom is -0.329 e. The molecule has 23 heavy (non-hydrogen) atoms. The van der Waals surface area contributed by atoms with Gasteiger partial charge in [0.05, 0.1) is 11.9 Å². The molecule has 6 nitrogen and oxygen atoms in total. The maximum absolute atomic E-state index is 11.0. The summed E-state index contributed by atoms with van der Waals surface area (Å²) >= 11 is 0. The number of carbonyl (C=O) groups is 1. The Labute approximate surface area is 132 Å². The van der Waals surface area contributed by atoms with Crippen LogP contribution >= 0.6 is 0 Å². The van der Waals surface area contributed by atoms with Gasteiger partial charge in [-0.2, -0.15) is 4.98 Å². The number of carbonyl (C=O) groups excluding carboxylic acids is 1. The molecule has 0 aliphatic rings. The first-order chi connectivity index (χ1) is 11.2. The van der Waals surface area contributed by atoms with Crippen LogP contribution < -0.4 is 10.5 Å². The van der Waals surface area contributed by atoms with Crippen LogP contribution in [0.4, 0.5) is 11.5 Å². The van der Waals surface area contributed by atoms with Crippen molar-refractivity contribution in [2.75, 3.05) is 11.9 Å². The van der Waals surface area contributed by atoms with Gasteiger partial charge in [-0.05, 0) is 24.3 Å². The molecule has 0 unspecified atom stereocenters. The summed E-state index contributed by atoms with van der Waals surface area (Å²) in [5, 5.41) is 16.3. The van der Waals surface area contributed by atoms with Gasteiger partial charge in [0.15, 0.2) is 0 Å². The first-order valence-corrected chi connectivity index (χ1v) is 7.01. The zero-order chi connectivity index (χ0) is 16.4. The molecule has 0 aliphatic heterocycles. The molecular weight excluding hydrogens is 290 g/mol. The van der Waals surface area contributed by atoms with Gasteiger partial charge in [-0.1, -0.05) is 24.3 Å². The molecule has 3 aromatic rings. The summed E-state index contributed by atoms with van der Waals surface area (Å²) in [6.45, 7) is 0. The minimum atomic E-state index is -0.0617. The highest BCUT2D eigenvalue weighted by Crippen LogP contribution is 2.28. The van der Waals surface area contributed by atoms with Crippen LogP contribution in [0.2, 0.25) is 0 Å². The first-order valence-electron chi connectivity index (χ1n) is 7.01.